The molecule has 138 valence electrons. The third kappa shape index (κ3) is 3.65. The first-order valence-electron chi connectivity index (χ1n) is 9.52. The molecule has 1 amide bonds. The van der Waals surface area contributed by atoms with Gasteiger partial charge in [-0.2, -0.15) is 0 Å². The highest BCUT2D eigenvalue weighted by molar-refractivity contribution is 5.93. The second-order valence-corrected chi connectivity index (χ2v) is 7.54. The van der Waals surface area contributed by atoms with E-state index in [1.165, 1.54) is 12.8 Å². The molecule has 0 radical (unpaired) electrons. The van der Waals surface area contributed by atoms with Crippen LogP contribution in [0.4, 0.5) is 0 Å². The summed E-state index contributed by atoms with van der Waals surface area (Å²) in [5.74, 6) is 0.760. The summed E-state index contributed by atoms with van der Waals surface area (Å²) in [6.07, 6.45) is 4.73. The summed E-state index contributed by atoms with van der Waals surface area (Å²) in [5.41, 5.74) is 3.32. The van der Waals surface area contributed by atoms with Gasteiger partial charge in [-0.05, 0) is 63.1 Å². The summed E-state index contributed by atoms with van der Waals surface area (Å²) in [4.78, 5) is 14.8. The fourth-order valence-corrected chi connectivity index (χ4v) is 3.46. The van der Waals surface area contributed by atoms with Crippen LogP contribution in [0.25, 0.3) is 5.69 Å². The Morgan fingerprint density at radius 1 is 1.19 bits per heavy atom. The number of rotatable bonds is 5. The molecule has 4 rings (SSSR count). The van der Waals surface area contributed by atoms with Gasteiger partial charge in [-0.1, -0.05) is 17.3 Å². The molecule has 0 bridgehead atoms. The van der Waals surface area contributed by atoms with Crippen LogP contribution in [0.5, 0.6) is 0 Å². The average Bonchev–Trinajstić information content (AvgIpc) is 3.40. The summed E-state index contributed by atoms with van der Waals surface area (Å²) >= 11 is 0. The summed E-state index contributed by atoms with van der Waals surface area (Å²) in [6.45, 7) is 6.29. The van der Waals surface area contributed by atoms with Crippen molar-refractivity contribution in [3.05, 3.63) is 41.2 Å². The minimum absolute atomic E-state index is 0.0259. The first kappa shape index (κ1) is 17.2. The van der Waals surface area contributed by atoms with Crippen LogP contribution >= 0.6 is 0 Å². The van der Waals surface area contributed by atoms with Crippen molar-refractivity contribution < 1.29 is 9.53 Å². The van der Waals surface area contributed by atoms with Crippen molar-refractivity contribution in [2.45, 2.75) is 45.6 Å². The van der Waals surface area contributed by atoms with Crippen molar-refractivity contribution in [2.75, 3.05) is 19.7 Å². The maximum absolute atomic E-state index is 12.9. The molecule has 0 N–H and O–H groups in total. The van der Waals surface area contributed by atoms with Crippen LogP contribution in [0.3, 0.4) is 0 Å². The lowest BCUT2D eigenvalue weighted by atomic mass is 10.1. The summed E-state index contributed by atoms with van der Waals surface area (Å²) in [7, 11) is 0. The third-order valence-electron chi connectivity index (χ3n) is 5.34. The minimum atomic E-state index is -0.0259. The van der Waals surface area contributed by atoms with Crippen LogP contribution in [0, 0.1) is 19.8 Å². The van der Waals surface area contributed by atoms with Gasteiger partial charge in [-0.15, -0.1) is 5.10 Å². The smallest absolute Gasteiger partial charge is 0.276 e. The van der Waals surface area contributed by atoms with Crippen molar-refractivity contribution in [1.29, 1.82) is 0 Å². The lowest BCUT2D eigenvalue weighted by molar-refractivity contribution is 0.00395. The number of piperidine rings is 1. The fraction of sp³-hybridized carbons (Fsp3) is 0.550. The Kier molecular flexibility index (Phi) is 4.76. The number of ether oxygens (including phenoxy) is 1. The normalized spacial score (nSPS) is 18.3. The van der Waals surface area contributed by atoms with Gasteiger partial charge < -0.3 is 9.64 Å². The van der Waals surface area contributed by atoms with E-state index in [4.69, 9.17) is 4.74 Å². The van der Waals surface area contributed by atoms with Gasteiger partial charge in [-0.3, -0.25) is 4.79 Å². The molecule has 0 unspecified atom stereocenters. The van der Waals surface area contributed by atoms with Crippen molar-refractivity contribution in [1.82, 2.24) is 19.9 Å². The fourth-order valence-electron chi connectivity index (χ4n) is 3.46. The molecule has 1 aliphatic heterocycles. The number of benzene rings is 1. The highest BCUT2D eigenvalue weighted by Gasteiger charge is 2.29. The molecule has 0 spiro atoms. The molecular formula is C20H26N4O2. The van der Waals surface area contributed by atoms with Gasteiger partial charge in [0.1, 0.15) is 0 Å². The SMILES string of the molecule is Cc1cccc(-n2nnc(C(=O)N3CCC(OCC4CC4)CC3)c2C)c1. The maximum atomic E-state index is 12.9. The Morgan fingerprint density at radius 3 is 2.65 bits per heavy atom. The number of hydrogen-bond donors (Lipinski definition) is 0. The van der Waals surface area contributed by atoms with Crippen LogP contribution in [-0.4, -0.2) is 51.6 Å². The van der Waals surface area contributed by atoms with Gasteiger partial charge in [-0.25, -0.2) is 4.68 Å². The van der Waals surface area contributed by atoms with Gasteiger partial charge in [0.15, 0.2) is 5.69 Å². The molecule has 26 heavy (non-hydrogen) atoms. The number of aryl methyl sites for hydroxylation is 1. The number of nitrogens with zero attached hydrogens (tertiary/aromatic N) is 4. The first-order chi connectivity index (χ1) is 12.6. The predicted octanol–water partition coefficient (Wildman–Crippen LogP) is 2.92. The van der Waals surface area contributed by atoms with E-state index in [-0.39, 0.29) is 5.91 Å². The van der Waals surface area contributed by atoms with E-state index in [1.807, 2.05) is 43.0 Å². The topological polar surface area (TPSA) is 60.2 Å². The summed E-state index contributed by atoms with van der Waals surface area (Å²) < 4.78 is 7.71. The van der Waals surface area contributed by atoms with E-state index < -0.39 is 0 Å². The zero-order valence-corrected chi connectivity index (χ0v) is 15.5. The zero-order valence-electron chi connectivity index (χ0n) is 15.5. The van der Waals surface area contributed by atoms with E-state index in [1.54, 1.807) is 4.68 Å². The van der Waals surface area contributed by atoms with Gasteiger partial charge in [0.2, 0.25) is 0 Å². The molecule has 6 nitrogen and oxygen atoms in total. The molecule has 0 atom stereocenters. The van der Waals surface area contributed by atoms with Crippen molar-refractivity contribution in [3.8, 4) is 5.69 Å². The van der Waals surface area contributed by atoms with Gasteiger partial charge >= 0.3 is 0 Å². The molecule has 1 saturated carbocycles. The maximum Gasteiger partial charge on any atom is 0.276 e. The Hall–Kier alpha value is -2.21. The van der Waals surface area contributed by atoms with Gasteiger partial charge in [0, 0.05) is 19.7 Å². The van der Waals surface area contributed by atoms with Crippen LogP contribution in [-0.2, 0) is 4.74 Å². The second kappa shape index (κ2) is 7.19. The average molecular weight is 354 g/mol. The second-order valence-electron chi connectivity index (χ2n) is 7.54. The molecule has 2 heterocycles. The number of carbonyl (C=O) groups is 1. The highest BCUT2D eigenvalue weighted by Crippen LogP contribution is 2.30. The standard InChI is InChI=1S/C20H26N4O2/c1-14-4-3-5-17(12-14)24-15(2)19(21-22-24)20(25)23-10-8-18(9-11-23)26-13-16-6-7-16/h3-5,12,16,18H,6-11,13H2,1-2H3. The van der Waals surface area contributed by atoms with Crippen LogP contribution in [0.15, 0.2) is 24.3 Å². The van der Waals surface area contributed by atoms with Crippen molar-refractivity contribution >= 4 is 5.91 Å². The molecule has 2 aliphatic rings. The third-order valence-corrected chi connectivity index (χ3v) is 5.34. The molecule has 1 aliphatic carbocycles. The molecule has 2 aromatic rings. The Bertz CT molecular complexity index is 789. The molecule has 6 heteroatoms. The number of amides is 1. The molecule has 2 fully saturated rings. The van der Waals surface area contributed by atoms with Crippen molar-refractivity contribution in [2.24, 2.45) is 5.92 Å². The minimum Gasteiger partial charge on any atom is -0.378 e. The molecule has 1 aromatic carbocycles. The number of likely N-dealkylation sites (tertiary alicyclic amines) is 1. The quantitative estimate of drug-likeness (QED) is 0.828. The largest absolute Gasteiger partial charge is 0.378 e. The van der Waals surface area contributed by atoms with Gasteiger partial charge in [0.05, 0.1) is 17.5 Å². The summed E-state index contributed by atoms with van der Waals surface area (Å²) in [5, 5.41) is 8.38. The predicted molar refractivity (Wildman–Crippen MR) is 98.4 cm³/mol. The monoisotopic (exact) mass is 354 g/mol. The van der Waals surface area contributed by atoms with E-state index in [0.717, 1.165) is 55.4 Å². The lowest BCUT2D eigenvalue weighted by Crippen LogP contribution is -2.41. The van der Waals surface area contributed by atoms with E-state index in [0.29, 0.717) is 11.8 Å². The summed E-state index contributed by atoms with van der Waals surface area (Å²) in [6, 6.07) is 8.04. The Balaban J connectivity index is 1.41. The Morgan fingerprint density at radius 2 is 1.96 bits per heavy atom. The highest BCUT2D eigenvalue weighted by atomic mass is 16.5. The first-order valence-corrected chi connectivity index (χ1v) is 9.52. The van der Waals surface area contributed by atoms with Gasteiger partial charge in [0.25, 0.3) is 5.91 Å². The number of carbonyl (C=O) groups excluding carboxylic acids is 1. The van der Waals surface area contributed by atoms with E-state index >= 15 is 0 Å². The van der Waals surface area contributed by atoms with E-state index in [2.05, 4.69) is 10.3 Å². The zero-order chi connectivity index (χ0) is 18.1. The molecular weight excluding hydrogens is 328 g/mol. The number of aromatic nitrogens is 3. The van der Waals surface area contributed by atoms with Crippen LogP contribution in [0.2, 0.25) is 0 Å². The molecule has 1 aromatic heterocycles. The Labute approximate surface area is 154 Å². The molecule has 1 saturated heterocycles. The lowest BCUT2D eigenvalue weighted by Gasteiger charge is -2.31. The van der Waals surface area contributed by atoms with E-state index in [9.17, 15) is 4.79 Å². The van der Waals surface area contributed by atoms with Crippen LogP contribution < -0.4 is 0 Å². The number of hydrogen-bond acceptors (Lipinski definition) is 4. The van der Waals surface area contributed by atoms with Crippen LogP contribution in [0.1, 0.15) is 47.4 Å². The van der Waals surface area contributed by atoms with Crippen molar-refractivity contribution in [3.63, 3.8) is 0 Å².